The first kappa shape index (κ1) is 20.9. The lowest BCUT2D eigenvalue weighted by Gasteiger charge is -2.18. The third-order valence-electron chi connectivity index (χ3n) is 5.52. The maximum absolute atomic E-state index is 12.4. The van der Waals surface area contributed by atoms with E-state index in [2.05, 4.69) is 10.8 Å². The summed E-state index contributed by atoms with van der Waals surface area (Å²) in [6.45, 7) is 0.440. The van der Waals surface area contributed by atoms with E-state index in [1.807, 2.05) is 48.5 Å². The van der Waals surface area contributed by atoms with Gasteiger partial charge in [-0.25, -0.2) is 10.3 Å². The molecule has 31 heavy (non-hydrogen) atoms. The van der Waals surface area contributed by atoms with Crippen LogP contribution in [0, 0.1) is 5.92 Å². The van der Waals surface area contributed by atoms with Crippen molar-refractivity contribution in [3.05, 3.63) is 59.7 Å². The van der Waals surface area contributed by atoms with Crippen LogP contribution >= 0.6 is 0 Å². The van der Waals surface area contributed by atoms with Crippen LogP contribution in [0.5, 0.6) is 0 Å². The summed E-state index contributed by atoms with van der Waals surface area (Å²) in [4.78, 5) is 40.8. The molecule has 0 aromatic heterocycles. The molecule has 0 aliphatic heterocycles. The topological polar surface area (TPSA) is 114 Å². The lowest BCUT2D eigenvalue weighted by Crippen LogP contribution is -2.48. The van der Waals surface area contributed by atoms with Crippen molar-refractivity contribution in [2.75, 3.05) is 13.2 Å². The first-order valence-electron chi connectivity index (χ1n) is 10.3. The molecule has 0 saturated heterocycles. The van der Waals surface area contributed by atoms with Gasteiger partial charge in [-0.05, 0) is 41.0 Å². The van der Waals surface area contributed by atoms with E-state index in [0.717, 1.165) is 35.1 Å². The molecule has 1 atom stereocenters. The Morgan fingerprint density at radius 3 is 2.16 bits per heavy atom. The van der Waals surface area contributed by atoms with Crippen molar-refractivity contribution in [1.82, 2.24) is 10.8 Å². The van der Waals surface area contributed by atoms with Crippen LogP contribution in [-0.2, 0) is 19.2 Å². The molecule has 8 heteroatoms. The van der Waals surface area contributed by atoms with E-state index < -0.39 is 30.4 Å². The van der Waals surface area contributed by atoms with E-state index in [9.17, 15) is 14.4 Å². The molecule has 2 aliphatic rings. The fraction of sp³-hybridized carbons (Fsp3) is 0.348. The van der Waals surface area contributed by atoms with Crippen molar-refractivity contribution < 1.29 is 29.1 Å². The maximum Gasteiger partial charge on any atom is 0.407 e. The van der Waals surface area contributed by atoms with Gasteiger partial charge in [0.25, 0.3) is 5.91 Å². The molecule has 2 amide bonds. The highest BCUT2D eigenvalue weighted by Gasteiger charge is 2.30. The number of carboxylic acids is 1. The molecule has 2 aromatic rings. The fourth-order valence-corrected chi connectivity index (χ4v) is 3.75. The van der Waals surface area contributed by atoms with Crippen molar-refractivity contribution >= 4 is 18.0 Å². The fourth-order valence-electron chi connectivity index (χ4n) is 3.75. The maximum atomic E-state index is 12.4. The number of carbonyl (C=O) groups excluding carboxylic acids is 2. The smallest absolute Gasteiger partial charge is 0.407 e. The van der Waals surface area contributed by atoms with Gasteiger partial charge in [0, 0.05) is 5.92 Å². The van der Waals surface area contributed by atoms with E-state index in [1.54, 1.807) is 0 Å². The minimum atomic E-state index is -1.30. The summed E-state index contributed by atoms with van der Waals surface area (Å²) in [5.74, 6) is -1.65. The van der Waals surface area contributed by atoms with Gasteiger partial charge >= 0.3 is 12.1 Å². The van der Waals surface area contributed by atoms with E-state index in [4.69, 9.17) is 14.7 Å². The highest BCUT2D eigenvalue weighted by molar-refractivity contribution is 5.88. The van der Waals surface area contributed by atoms with E-state index in [-0.39, 0.29) is 12.5 Å². The van der Waals surface area contributed by atoms with E-state index >= 15 is 0 Å². The second-order valence-electron chi connectivity index (χ2n) is 7.84. The predicted octanol–water partition coefficient (Wildman–Crippen LogP) is 2.83. The monoisotopic (exact) mass is 424 g/mol. The number of benzene rings is 2. The van der Waals surface area contributed by atoms with Gasteiger partial charge in [0.05, 0.1) is 13.0 Å². The number of hydroxylamine groups is 1. The molecule has 0 spiro atoms. The zero-order valence-corrected chi connectivity index (χ0v) is 16.9. The number of amides is 2. The number of hydrogen-bond donors (Lipinski definition) is 3. The van der Waals surface area contributed by atoms with Crippen molar-refractivity contribution in [2.45, 2.75) is 31.2 Å². The quantitative estimate of drug-likeness (QED) is 0.534. The number of alkyl carbamates (subject to hydrolysis) is 1. The highest BCUT2D eigenvalue weighted by Crippen LogP contribution is 2.44. The third kappa shape index (κ3) is 5.03. The highest BCUT2D eigenvalue weighted by atomic mass is 16.7. The number of carbonyl (C=O) groups is 3. The molecular weight excluding hydrogens is 400 g/mol. The van der Waals surface area contributed by atoms with Crippen LogP contribution in [0.2, 0.25) is 0 Å². The Morgan fingerprint density at radius 1 is 0.968 bits per heavy atom. The number of carboxylic acid groups (broad SMARTS) is 1. The summed E-state index contributed by atoms with van der Waals surface area (Å²) in [5.41, 5.74) is 6.54. The molecule has 1 unspecified atom stereocenters. The molecule has 0 heterocycles. The Labute approximate surface area is 179 Å². The Hall–Kier alpha value is -3.39. The molecule has 0 radical (unpaired) electrons. The SMILES string of the molecule is O=C(O)CC(NC(=O)OCC1c2ccccc2-c2ccccc21)C(=O)NOCC1CC1. The van der Waals surface area contributed by atoms with Crippen LogP contribution in [0.1, 0.15) is 36.3 Å². The summed E-state index contributed by atoms with van der Waals surface area (Å²) in [5, 5.41) is 11.4. The zero-order chi connectivity index (χ0) is 21.8. The summed E-state index contributed by atoms with van der Waals surface area (Å²) in [6, 6.07) is 14.6. The van der Waals surface area contributed by atoms with Crippen molar-refractivity contribution in [3.8, 4) is 11.1 Å². The number of aliphatic carboxylic acids is 1. The predicted molar refractivity (Wildman–Crippen MR) is 111 cm³/mol. The zero-order valence-electron chi connectivity index (χ0n) is 16.9. The minimum absolute atomic E-state index is 0.0689. The standard InChI is InChI=1S/C23H24N2O6/c26-21(27)11-20(22(28)25-31-12-14-9-10-14)24-23(29)30-13-19-17-7-3-1-5-15(17)16-6-2-4-8-18(16)19/h1-8,14,19-20H,9-13H2,(H,24,29)(H,25,28)(H,26,27). The van der Waals surface area contributed by atoms with Crippen LogP contribution in [0.25, 0.3) is 11.1 Å². The van der Waals surface area contributed by atoms with Crippen molar-refractivity contribution in [2.24, 2.45) is 5.92 Å². The second-order valence-corrected chi connectivity index (χ2v) is 7.84. The van der Waals surface area contributed by atoms with Gasteiger partial charge in [-0.2, -0.15) is 0 Å². The van der Waals surface area contributed by atoms with E-state index in [0.29, 0.717) is 12.5 Å². The van der Waals surface area contributed by atoms with Crippen LogP contribution in [-0.4, -0.2) is 42.3 Å². The molecule has 0 bridgehead atoms. The Bertz CT molecular complexity index is 942. The van der Waals surface area contributed by atoms with Gasteiger partial charge in [0.2, 0.25) is 0 Å². The van der Waals surface area contributed by atoms with Crippen LogP contribution in [0.3, 0.4) is 0 Å². The van der Waals surface area contributed by atoms with Gasteiger partial charge < -0.3 is 15.2 Å². The molecule has 1 fully saturated rings. The van der Waals surface area contributed by atoms with Crippen LogP contribution in [0.4, 0.5) is 4.79 Å². The van der Waals surface area contributed by atoms with E-state index in [1.165, 1.54) is 0 Å². The minimum Gasteiger partial charge on any atom is -0.481 e. The molecule has 162 valence electrons. The average Bonchev–Trinajstić information content (AvgIpc) is 3.52. The Morgan fingerprint density at radius 2 is 1.58 bits per heavy atom. The normalized spacial score (nSPS) is 15.5. The van der Waals surface area contributed by atoms with Gasteiger partial charge in [0.15, 0.2) is 0 Å². The lowest BCUT2D eigenvalue weighted by atomic mass is 9.98. The van der Waals surface area contributed by atoms with Crippen LogP contribution in [0.15, 0.2) is 48.5 Å². The average molecular weight is 424 g/mol. The molecule has 8 nitrogen and oxygen atoms in total. The lowest BCUT2D eigenvalue weighted by molar-refractivity contribution is -0.143. The van der Waals surface area contributed by atoms with Gasteiger partial charge in [-0.1, -0.05) is 48.5 Å². The summed E-state index contributed by atoms with van der Waals surface area (Å²) in [7, 11) is 0. The number of nitrogens with one attached hydrogen (secondary N) is 2. The Kier molecular flexibility index (Phi) is 6.18. The van der Waals surface area contributed by atoms with Gasteiger partial charge in [-0.3, -0.25) is 14.4 Å². The molecule has 1 saturated carbocycles. The summed E-state index contributed by atoms with van der Waals surface area (Å²) in [6.07, 6.45) is 0.659. The van der Waals surface area contributed by atoms with Crippen LogP contribution < -0.4 is 10.8 Å². The molecule has 3 N–H and O–H groups in total. The van der Waals surface area contributed by atoms with Gasteiger partial charge in [-0.15, -0.1) is 0 Å². The number of fused-ring (bicyclic) bond motifs is 3. The largest absolute Gasteiger partial charge is 0.481 e. The summed E-state index contributed by atoms with van der Waals surface area (Å²) >= 11 is 0. The van der Waals surface area contributed by atoms with Gasteiger partial charge in [0.1, 0.15) is 12.6 Å². The second kappa shape index (κ2) is 9.18. The molecule has 4 rings (SSSR count). The number of rotatable bonds is 9. The third-order valence-corrected chi connectivity index (χ3v) is 5.52. The van der Waals surface area contributed by atoms with Crippen molar-refractivity contribution in [1.29, 1.82) is 0 Å². The first-order valence-corrected chi connectivity index (χ1v) is 10.3. The first-order chi connectivity index (χ1) is 15.0. The number of ether oxygens (including phenoxy) is 1. The molecular formula is C23H24N2O6. The van der Waals surface area contributed by atoms with Crippen molar-refractivity contribution in [3.63, 3.8) is 0 Å². The summed E-state index contributed by atoms with van der Waals surface area (Å²) < 4.78 is 5.39. The number of hydrogen-bond acceptors (Lipinski definition) is 5. The molecule has 2 aliphatic carbocycles. The molecule has 2 aromatic carbocycles. The Balaban J connectivity index is 1.36.